The Morgan fingerprint density at radius 1 is 1.27 bits per heavy atom. The van der Waals surface area contributed by atoms with Crippen molar-refractivity contribution < 1.29 is 23.2 Å². The molecule has 0 bridgehead atoms. The summed E-state index contributed by atoms with van der Waals surface area (Å²) in [5.41, 5.74) is -0.418. The lowest BCUT2D eigenvalue weighted by Crippen LogP contribution is -2.41. The number of nitrogens with zero attached hydrogens (tertiary/aromatic N) is 2. The molecular formula is C22H30BFN2O4. The maximum absolute atomic E-state index is 14.6. The fourth-order valence-corrected chi connectivity index (χ4v) is 5.35. The number of ether oxygens (including phenoxy) is 1. The summed E-state index contributed by atoms with van der Waals surface area (Å²) in [5, 5.41) is 0. The van der Waals surface area contributed by atoms with Gasteiger partial charge < -0.3 is 14.0 Å². The van der Waals surface area contributed by atoms with Crippen LogP contribution in [0.3, 0.4) is 0 Å². The van der Waals surface area contributed by atoms with Crippen LogP contribution in [0.15, 0.2) is 12.3 Å². The van der Waals surface area contributed by atoms with Gasteiger partial charge in [0.15, 0.2) is 0 Å². The van der Waals surface area contributed by atoms with Gasteiger partial charge in [0.05, 0.1) is 22.8 Å². The molecule has 8 heteroatoms. The van der Waals surface area contributed by atoms with Crippen molar-refractivity contribution >= 4 is 18.7 Å². The monoisotopic (exact) mass is 416 g/mol. The van der Waals surface area contributed by atoms with Gasteiger partial charge in [-0.15, -0.1) is 0 Å². The molecule has 4 unspecified atom stereocenters. The predicted molar refractivity (Wildman–Crippen MR) is 110 cm³/mol. The van der Waals surface area contributed by atoms with Crippen LogP contribution in [0.2, 0.25) is 0 Å². The number of carbonyl (C=O) groups excluding carboxylic acids is 1. The van der Waals surface area contributed by atoms with Gasteiger partial charge in [-0.1, -0.05) is 6.07 Å². The summed E-state index contributed by atoms with van der Waals surface area (Å²) in [6.45, 7) is 13.4. The first-order valence-corrected chi connectivity index (χ1v) is 10.8. The molecule has 1 amide bonds. The molecule has 1 aromatic rings. The van der Waals surface area contributed by atoms with Crippen LogP contribution in [0.25, 0.3) is 0 Å². The average Bonchev–Trinajstić information content (AvgIpc) is 3.42. The van der Waals surface area contributed by atoms with Crippen molar-refractivity contribution in [1.29, 1.82) is 0 Å². The number of rotatable bonds is 2. The summed E-state index contributed by atoms with van der Waals surface area (Å²) in [5.74, 6) is 0.0471. The van der Waals surface area contributed by atoms with Gasteiger partial charge in [0.25, 0.3) is 0 Å². The van der Waals surface area contributed by atoms with E-state index in [0.717, 1.165) is 18.4 Å². The van der Waals surface area contributed by atoms with E-state index >= 15 is 0 Å². The van der Waals surface area contributed by atoms with Crippen LogP contribution < -0.4 is 5.46 Å². The van der Waals surface area contributed by atoms with Crippen molar-refractivity contribution in [3.8, 4) is 0 Å². The highest BCUT2D eigenvalue weighted by atomic mass is 19.1. The lowest BCUT2D eigenvalue weighted by atomic mass is 9.78. The molecule has 1 aromatic heterocycles. The molecule has 1 spiro atoms. The summed E-state index contributed by atoms with van der Waals surface area (Å²) in [4.78, 5) is 18.6. The third-order valence-corrected chi connectivity index (χ3v) is 7.62. The van der Waals surface area contributed by atoms with Crippen molar-refractivity contribution in [2.75, 3.05) is 0 Å². The molecule has 2 saturated carbocycles. The van der Waals surface area contributed by atoms with E-state index in [1.165, 1.54) is 0 Å². The SMILES string of the molecule is CC(C)(C)OC(=O)N1C2C(c3cnc(F)c(B4OC(C)(C)C(C)(C)O4)c3)CC3CC321. The molecule has 4 fully saturated rings. The number of pyridine rings is 1. The molecule has 3 heterocycles. The van der Waals surface area contributed by atoms with Crippen molar-refractivity contribution in [3.05, 3.63) is 23.8 Å². The van der Waals surface area contributed by atoms with Crippen molar-refractivity contribution in [3.63, 3.8) is 0 Å². The molecular weight excluding hydrogens is 386 g/mol. The highest BCUT2D eigenvalue weighted by molar-refractivity contribution is 6.62. The molecule has 162 valence electrons. The van der Waals surface area contributed by atoms with Crippen LogP contribution in [0.4, 0.5) is 9.18 Å². The Hall–Kier alpha value is -1.67. The Morgan fingerprint density at radius 2 is 1.90 bits per heavy atom. The Labute approximate surface area is 177 Å². The molecule has 2 saturated heterocycles. The van der Waals surface area contributed by atoms with E-state index in [0.29, 0.717) is 11.4 Å². The second-order valence-corrected chi connectivity index (χ2v) is 11.3. The van der Waals surface area contributed by atoms with Crippen LogP contribution in [0, 0.1) is 11.9 Å². The summed E-state index contributed by atoms with van der Waals surface area (Å²) < 4.78 is 32.3. The van der Waals surface area contributed by atoms with Gasteiger partial charge in [0, 0.05) is 17.6 Å². The number of carbonyl (C=O) groups is 1. The first-order valence-electron chi connectivity index (χ1n) is 10.8. The molecule has 30 heavy (non-hydrogen) atoms. The largest absolute Gasteiger partial charge is 0.499 e. The Bertz CT molecular complexity index is 914. The molecule has 4 atom stereocenters. The zero-order valence-corrected chi connectivity index (χ0v) is 18.8. The molecule has 2 aliphatic heterocycles. The number of piperidine rings is 1. The fourth-order valence-electron chi connectivity index (χ4n) is 5.35. The van der Waals surface area contributed by atoms with E-state index in [1.807, 2.05) is 59.4 Å². The Kier molecular flexibility index (Phi) is 3.89. The normalized spacial score (nSPS) is 35.1. The number of likely N-dealkylation sites (tertiary alicyclic amines) is 1. The fraction of sp³-hybridized carbons (Fsp3) is 0.727. The van der Waals surface area contributed by atoms with Crippen LogP contribution in [0.5, 0.6) is 0 Å². The van der Waals surface area contributed by atoms with E-state index in [2.05, 4.69) is 4.98 Å². The first-order chi connectivity index (χ1) is 13.8. The zero-order chi connectivity index (χ0) is 21.9. The lowest BCUT2D eigenvalue weighted by Gasteiger charge is -2.32. The number of hydrogen-bond acceptors (Lipinski definition) is 5. The molecule has 4 aliphatic rings. The van der Waals surface area contributed by atoms with E-state index in [-0.39, 0.29) is 23.6 Å². The molecule has 0 radical (unpaired) electrons. The van der Waals surface area contributed by atoms with E-state index in [4.69, 9.17) is 14.0 Å². The van der Waals surface area contributed by atoms with Gasteiger partial charge in [0.1, 0.15) is 5.60 Å². The van der Waals surface area contributed by atoms with Crippen LogP contribution in [-0.4, -0.2) is 51.5 Å². The lowest BCUT2D eigenvalue weighted by molar-refractivity contribution is 0.00578. The molecule has 5 rings (SSSR count). The summed E-state index contributed by atoms with van der Waals surface area (Å²) in [6, 6.07) is 1.93. The Balaban J connectivity index is 1.39. The van der Waals surface area contributed by atoms with E-state index in [1.54, 1.807) is 6.20 Å². The number of amides is 1. The molecule has 0 aromatic carbocycles. The Morgan fingerprint density at radius 3 is 2.50 bits per heavy atom. The van der Waals surface area contributed by atoms with Gasteiger partial charge in [-0.25, -0.2) is 9.78 Å². The van der Waals surface area contributed by atoms with Crippen LogP contribution in [-0.2, 0) is 14.0 Å². The van der Waals surface area contributed by atoms with Crippen molar-refractivity contribution in [1.82, 2.24) is 9.88 Å². The summed E-state index contributed by atoms with van der Waals surface area (Å²) in [7, 11) is -0.798. The maximum atomic E-state index is 14.6. The number of halogens is 1. The molecule has 0 N–H and O–H groups in total. The van der Waals surface area contributed by atoms with E-state index < -0.39 is 29.9 Å². The first kappa shape index (κ1) is 20.2. The third kappa shape index (κ3) is 2.75. The standard InChI is InChI=1S/C22H30BFN2O4/c1-19(2,3)28-18(27)26-16-14(9-13-10-22(13,16)26)12-8-15(17(24)25-11-12)23-29-20(4,5)21(6,7)30-23/h8,11,13-14,16H,9-10H2,1-7H3. The minimum Gasteiger partial charge on any atom is -0.444 e. The maximum Gasteiger partial charge on any atom is 0.499 e. The van der Waals surface area contributed by atoms with Crippen LogP contribution >= 0.6 is 0 Å². The van der Waals surface area contributed by atoms with E-state index in [9.17, 15) is 9.18 Å². The summed E-state index contributed by atoms with van der Waals surface area (Å²) >= 11 is 0. The van der Waals surface area contributed by atoms with Gasteiger partial charge >= 0.3 is 13.2 Å². The molecule has 2 aliphatic carbocycles. The van der Waals surface area contributed by atoms with Crippen molar-refractivity contribution in [2.24, 2.45) is 5.92 Å². The van der Waals surface area contributed by atoms with Gasteiger partial charge in [0.2, 0.25) is 5.95 Å². The minimum absolute atomic E-state index is 0.0497. The summed E-state index contributed by atoms with van der Waals surface area (Å²) in [6.07, 6.45) is 3.37. The smallest absolute Gasteiger partial charge is 0.444 e. The predicted octanol–water partition coefficient (Wildman–Crippen LogP) is 3.39. The quantitative estimate of drug-likeness (QED) is 0.420. The average molecular weight is 416 g/mol. The van der Waals surface area contributed by atoms with Gasteiger partial charge in [-0.2, -0.15) is 4.39 Å². The third-order valence-electron chi connectivity index (χ3n) is 7.62. The number of hydrogen-bond donors (Lipinski definition) is 0. The zero-order valence-electron chi connectivity index (χ0n) is 18.8. The van der Waals surface area contributed by atoms with Crippen molar-refractivity contribution in [2.45, 2.75) is 95.6 Å². The van der Waals surface area contributed by atoms with Gasteiger partial charge in [-0.05, 0) is 72.8 Å². The second-order valence-electron chi connectivity index (χ2n) is 11.3. The van der Waals surface area contributed by atoms with Crippen LogP contribution in [0.1, 0.15) is 72.8 Å². The highest BCUT2D eigenvalue weighted by Crippen LogP contribution is 2.76. The second kappa shape index (κ2) is 5.77. The minimum atomic E-state index is -0.798. The number of aromatic nitrogens is 1. The topological polar surface area (TPSA) is 60.7 Å². The molecule has 6 nitrogen and oxygen atoms in total. The van der Waals surface area contributed by atoms with Gasteiger partial charge in [-0.3, -0.25) is 4.90 Å². The highest BCUT2D eigenvalue weighted by Gasteiger charge is 2.85.